The first kappa shape index (κ1) is 17.3. The molecule has 2 aromatic heterocycles. The molecule has 1 aliphatic rings. The summed E-state index contributed by atoms with van der Waals surface area (Å²) in [7, 11) is 0. The van der Waals surface area contributed by atoms with Gasteiger partial charge in [0.25, 0.3) is 0 Å². The summed E-state index contributed by atoms with van der Waals surface area (Å²) in [4.78, 5) is 6.53. The second kappa shape index (κ2) is 7.00. The average molecular weight is 375 g/mol. The number of fused-ring (bicyclic) bond motifs is 2. The van der Waals surface area contributed by atoms with E-state index in [1.54, 1.807) is 0 Å². The standard InChI is InChI=1S/C23H22FN3O/c24-20-14-27(8-7-21(20)25)13-15-5-6-17-11-26-12-19(18(17)9-15)23-10-16-3-1-2-4-22(16)28-23/h1-6,9-12,20-21H,7-8,13-14,25H2/t20-,21-/m1/s1. The highest BCUT2D eigenvalue weighted by atomic mass is 19.1. The number of hydrogen-bond donors (Lipinski definition) is 1. The fourth-order valence-electron chi connectivity index (χ4n) is 4.01. The topological polar surface area (TPSA) is 55.3 Å². The van der Waals surface area contributed by atoms with Gasteiger partial charge in [0.1, 0.15) is 17.5 Å². The number of aromatic nitrogens is 1. The lowest BCUT2D eigenvalue weighted by molar-refractivity contribution is 0.114. The van der Waals surface area contributed by atoms with Crippen molar-refractivity contribution in [2.45, 2.75) is 25.2 Å². The molecule has 2 aromatic carbocycles. The Morgan fingerprint density at radius 2 is 2.00 bits per heavy atom. The molecular formula is C23H22FN3O. The summed E-state index contributed by atoms with van der Waals surface area (Å²) in [6.07, 6.45) is 3.46. The summed E-state index contributed by atoms with van der Waals surface area (Å²) in [6, 6.07) is 16.0. The molecule has 5 heteroatoms. The van der Waals surface area contributed by atoms with Crippen LogP contribution in [0.5, 0.6) is 0 Å². The molecule has 3 heterocycles. The van der Waals surface area contributed by atoms with E-state index < -0.39 is 6.17 Å². The van der Waals surface area contributed by atoms with Gasteiger partial charge < -0.3 is 10.2 Å². The number of hydrogen-bond acceptors (Lipinski definition) is 4. The Morgan fingerprint density at radius 1 is 1.11 bits per heavy atom. The van der Waals surface area contributed by atoms with Gasteiger partial charge in [0, 0.05) is 54.4 Å². The van der Waals surface area contributed by atoms with E-state index in [1.165, 1.54) is 0 Å². The minimum absolute atomic E-state index is 0.335. The quantitative estimate of drug-likeness (QED) is 0.572. The maximum absolute atomic E-state index is 14.0. The predicted octanol–water partition coefficient (Wildman–Crippen LogP) is 4.52. The number of halogens is 1. The van der Waals surface area contributed by atoms with Crippen molar-refractivity contribution in [2.24, 2.45) is 5.73 Å². The van der Waals surface area contributed by atoms with Crippen LogP contribution in [0.2, 0.25) is 0 Å². The first-order valence-corrected chi connectivity index (χ1v) is 9.65. The number of piperidine rings is 1. The van der Waals surface area contributed by atoms with Gasteiger partial charge in [-0.05, 0) is 35.6 Å². The van der Waals surface area contributed by atoms with E-state index in [-0.39, 0.29) is 6.04 Å². The largest absolute Gasteiger partial charge is 0.456 e. The van der Waals surface area contributed by atoms with Crippen LogP contribution in [0.1, 0.15) is 12.0 Å². The summed E-state index contributed by atoms with van der Waals surface area (Å²) >= 11 is 0. The van der Waals surface area contributed by atoms with Crippen LogP contribution in [0.15, 0.2) is 65.3 Å². The summed E-state index contributed by atoms with van der Waals surface area (Å²) < 4.78 is 20.0. The third kappa shape index (κ3) is 3.17. The van der Waals surface area contributed by atoms with E-state index >= 15 is 0 Å². The Balaban J connectivity index is 1.51. The van der Waals surface area contributed by atoms with Crippen LogP contribution in [0, 0.1) is 0 Å². The third-order valence-corrected chi connectivity index (χ3v) is 5.60. The minimum Gasteiger partial charge on any atom is -0.456 e. The number of para-hydroxylation sites is 1. The summed E-state index contributed by atoms with van der Waals surface area (Å²) in [5.41, 5.74) is 8.79. The Bertz CT molecular complexity index is 1110. The van der Waals surface area contributed by atoms with E-state index in [0.29, 0.717) is 19.5 Å². The first-order valence-electron chi connectivity index (χ1n) is 9.65. The van der Waals surface area contributed by atoms with Crippen molar-refractivity contribution < 1.29 is 8.81 Å². The number of nitrogens with zero attached hydrogens (tertiary/aromatic N) is 2. The summed E-state index contributed by atoms with van der Waals surface area (Å²) in [5, 5.41) is 3.23. The molecule has 4 nitrogen and oxygen atoms in total. The second-order valence-corrected chi connectivity index (χ2v) is 7.59. The zero-order valence-corrected chi connectivity index (χ0v) is 15.5. The van der Waals surface area contributed by atoms with Gasteiger partial charge in [0.15, 0.2) is 0 Å². The van der Waals surface area contributed by atoms with Crippen molar-refractivity contribution in [3.63, 3.8) is 0 Å². The van der Waals surface area contributed by atoms with Crippen molar-refractivity contribution in [1.82, 2.24) is 9.88 Å². The zero-order chi connectivity index (χ0) is 19.1. The fraction of sp³-hybridized carbons (Fsp3) is 0.261. The van der Waals surface area contributed by atoms with Crippen LogP contribution in [0.4, 0.5) is 4.39 Å². The van der Waals surface area contributed by atoms with E-state index in [9.17, 15) is 4.39 Å². The van der Waals surface area contributed by atoms with Crippen LogP contribution >= 0.6 is 0 Å². The third-order valence-electron chi connectivity index (χ3n) is 5.60. The van der Waals surface area contributed by atoms with Crippen LogP contribution in [0.3, 0.4) is 0 Å². The van der Waals surface area contributed by atoms with Crippen molar-refractivity contribution in [3.8, 4) is 11.3 Å². The van der Waals surface area contributed by atoms with Crippen LogP contribution in [0.25, 0.3) is 33.1 Å². The Hall–Kier alpha value is -2.76. The maximum atomic E-state index is 14.0. The molecule has 28 heavy (non-hydrogen) atoms. The van der Waals surface area contributed by atoms with Crippen molar-refractivity contribution in [2.75, 3.05) is 13.1 Å². The lowest BCUT2D eigenvalue weighted by atomic mass is 10.0. The van der Waals surface area contributed by atoms with Crippen LogP contribution < -0.4 is 5.73 Å². The molecule has 0 aliphatic carbocycles. The molecule has 2 N–H and O–H groups in total. The van der Waals surface area contributed by atoms with Crippen molar-refractivity contribution in [3.05, 3.63) is 66.5 Å². The molecule has 142 valence electrons. The smallest absolute Gasteiger partial charge is 0.137 e. The van der Waals surface area contributed by atoms with E-state index in [2.05, 4.69) is 34.1 Å². The van der Waals surface area contributed by atoms with E-state index in [1.807, 2.05) is 36.7 Å². The maximum Gasteiger partial charge on any atom is 0.137 e. The van der Waals surface area contributed by atoms with Gasteiger partial charge in [0.05, 0.1) is 0 Å². The van der Waals surface area contributed by atoms with Gasteiger partial charge >= 0.3 is 0 Å². The molecule has 5 rings (SSSR count). The fourth-order valence-corrected chi connectivity index (χ4v) is 4.01. The van der Waals surface area contributed by atoms with Crippen LogP contribution in [-0.2, 0) is 6.54 Å². The number of likely N-dealkylation sites (tertiary alicyclic amines) is 1. The molecule has 1 aliphatic heterocycles. The van der Waals surface area contributed by atoms with Gasteiger partial charge in [0.2, 0.25) is 0 Å². The highest BCUT2D eigenvalue weighted by Gasteiger charge is 2.26. The average Bonchev–Trinajstić information content (AvgIpc) is 3.14. The second-order valence-electron chi connectivity index (χ2n) is 7.59. The molecule has 1 saturated heterocycles. The minimum atomic E-state index is -0.954. The number of nitrogens with two attached hydrogens (primary N) is 1. The van der Waals surface area contributed by atoms with Crippen LogP contribution in [-0.4, -0.2) is 35.2 Å². The molecule has 1 fully saturated rings. The normalized spacial score (nSPS) is 20.8. The number of pyridine rings is 1. The first-order chi connectivity index (χ1) is 13.7. The molecule has 0 bridgehead atoms. The highest BCUT2D eigenvalue weighted by molar-refractivity contribution is 5.97. The summed E-state index contributed by atoms with van der Waals surface area (Å²) in [6.45, 7) is 1.93. The van der Waals surface area contributed by atoms with Gasteiger partial charge in [-0.1, -0.05) is 30.3 Å². The Labute approximate surface area is 162 Å². The molecular weight excluding hydrogens is 353 g/mol. The van der Waals surface area contributed by atoms with Crippen molar-refractivity contribution >= 4 is 21.7 Å². The zero-order valence-electron chi connectivity index (χ0n) is 15.5. The Morgan fingerprint density at radius 3 is 2.86 bits per heavy atom. The van der Waals surface area contributed by atoms with E-state index in [4.69, 9.17) is 10.2 Å². The molecule has 0 amide bonds. The number of rotatable bonds is 3. The van der Waals surface area contributed by atoms with Crippen molar-refractivity contribution in [1.29, 1.82) is 0 Å². The molecule has 0 unspecified atom stereocenters. The number of furan rings is 1. The van der Waals surface area contributed by atoms with Gasteiger partial charge in [-0.2, -0.15) is 0 Å². The molecule has 2 atom stereocenters. The number of benzene rings is 2. The predicted molar refractivity (Wildman–Crippen MR) is 110 cm³/mol. The summed E-state index contributed by atoms with van der Waals surface area (Å²) in [5.74, 6) is 0.809. The van der Waals surface area contributed by atoms with E-state index in [0.717, 1.165) is 45.2 Å². The SMILES string of the molecule is N[C@@H]1CCN(Cc2ccc3cncc(-c4cc5ccccc5o4)c3c2)C[C@H]1F. The highest BCUT2D eigenvalue weighted by Crippen LogP contribution is 2.33. The Kier molecular flexibility index (Phi) is 4.34. The van der Waals surface area contributed by atoms with Gasteiger partial charge in [-0.15, -0.1) is 0 Å². The molecule has 0 radical (unpaired) electrons. The number of alkyl halides is 1. The van der Waals surface area contributed by atoms with Gasteiger partial charge in [-0.25, -0.2) is 4.39 Å². The lowest BCUT2D eigenvalue weighted by Gasteiger charge is -2.32. The molecule has 4 aromatic rings. The molecule has 0 spiro atoms. The molecule has 0 saturated carbocycles. The van der Waals surface area contributed by atoms with Gasteiger partial charge in [-0.3, -0.25) is 9.88 Å². The monoisotopic (exact) mass is 375 g/mol. The lowest BCUT2D eigenvalue weighted by Crippen LogP contribution is -2.48.